The van der Waals surface area contributed by atoms with E-state index in [0.29, 0.717) is 23.6 Å². The summed E-state index contributed by atoms with van der Waals surface area (Å²) in [6.45, 7) is 2.02. The molecule has 2 rings (SSSR count). The summed E-state index contributed by atoms with van der Waals surface area (Å²) in [4.78, 5) is 14.4. The summed E-state index contributed by atoms with van der Waals surface area (Å²) >= 11 is 0. The number of hydrogen-bond acceptors (Lipinski definition) is 3. The van der Waals surface area contributed by atoms with Crippen LogP contribution in [0.4, 0.5) is 14.5 Å². The van der Waals surface area contributed by atoms with Gasteiger partial charge in [0.2, 0.25) is 0 Å². The molecule has 0 radical (unpaired) electrons. The fourth-order valence-electron chi connectivity index (χ4n) is 2.30. The van der Waals surface area contributed by atoms with Crippen molar-refractivity contribution in [3.63, 3.8) is 0 Å². The lowest BCUT2D eigenvalue weighted by molar-refractivity contribution is -0.384. The highest BCUT2D eigenvalue weighted by Gasteiger charge is 2.13. The highest BCUT2D eigenvalue weighted by molar-refractivity contribution is 14.0. The van der Waals surface area contributed by atoms with Crippen LogP contribution in [0, 0.1) is 21.7 Å². The van der Waals surface area contributed by atoms with E-state index in [2.05, 4.69) is 15.6 Å². The number of nitro benzene ring substituents is 1. The molecule has 0 fully saturated rings. The Balaban J connectivity index is 0.00000338. The van der Waals surface area contributed by atoms with Gasteiger partial charge < -0.3 is 10.6 Å². The number of halogens is 3. The Morgan fingerprint density at radius 1 is 1.27 bits per heavy atom. The molecule has 2 aromatic carbocycles. The summed E-state index contributed by atoms with van der Waals surface area (Å²) in [5, 5.41) is 16.8. The molecule has 0 amide bonds. The average molecular weight is 476 g/mol. The highest BCUT2D eigenvalue weighted by Crippen LogP contribution is 2.17. The first-order chi connectivity index (χ1) is 11.9. The van der Waals surface area contributed by atoms with Crippen LogP contribution in [-0.4, -0.2) is 17.9 Å². The molecule has 1 atom stereocenters. The van der Waals surface area contributed by atoms with Crippen LogP contribution in [0.1, 0.15) is 24.1 Å². The second-order valence-electron chi connectivity index (χ2n) is 5.38. The zero-order chi connectivity index (χ0) is 18.4. The molecule has 0 aliphatic heterocycles. The molecule has 0 saturated heterocycles. The minimum absolute atomic E-state index is 0. The van der Waals surface area contributed by atoms with Crippen molar-refractivity contribution in [3.8, 4) is 0 Å². The minimum atomic E-state index is -0.644. The van der Waals surface area contributed by atoms with Crippen molar-refractivity contribution in [1.82, 2.24) is 10.6 Å². The molecule has 0 aliphatic carbocycles. The van der Waals surface area contributed by atoms with Crippen molar-refractivity contribution in [3.05, 3.63) is 75.3 Å². The maximum absolute atomic E-state index is 13.8. The third kappa shape index (κ3) is 5.90. The summed E-state index contributed by atoms with van der Waals surface area (Å²) in [6.07, 6.45) is 0. The van der Waals surface area contributed by atoms with Gasteiger partial charge in [0, 0.05) is 37.4 Å². The van der Waals surface area contributed by atoms with E-state index in [1.165, 1.54) is 24.3 Å². The average Bonchev–Trinajstić information content (AvgIpc) is 2.58. The molecular weight excluding hydrogens is 457 g/mol. The summed E-state index contributed by atoms with van der Waals surface area (Å²) in [7, 11) is 1.55. The van der Waals surface area contributed by atoms with Gasteiger partial charge in [0.15, 0.2) is 5.96 Å². The number of benzene rings is 2. The van der Waals surface area contributed by atoms with Gasteiger partial charge in [-0.2, -0.15) is 0 Å². The summed E-state index contributed by atoms with van der Waals surface area (Å²) in [5.41, 5.74) is 1.02. The van der Waals surface area contributed by atoms with E-state index in [1.54, 1.807) is 26.1 Å². The van der Waals surface area contributed by atoms with E-state index in [9.17, 15) is 18.9 Å². The second kappa shape index (κ2) is 10.00. The van der Waals surface area contributed by atoms with E-state index >= 15 is 0 Å². The molecule has 9 heteroatoms. The predicted octanol–water partition coefficient (Wildman–Crippen LogP) is 3.92. The minimum Gasteiger partial charge on any atom is -0.352 e. The molecule has 0 bridgehead atoms. The summed E-state index contributed by atoms with van der Waals surface area (Å²) in [6, 6.07) is 9.16. The normalized spacial score (nSPS) is 12.1. The summed E-state index contributed by atoms with van der Waals surface area (Å²) < 4.78 is 26.8. The van der Waals surface area contributed by atoms with E-state index < -0.39 is 22.6 Å². The maximum atomic E-state index is 13.8. The van der Waals surface area contributed by atoms with Crippen molar-refractivity contribution in [2.45, 2.75) is 19.5 Å². The molecule has 0 saturated carbocycles. The van der Waals surface area contributed by atoms with Gasteiger partial charge in [0.25, 0.3) is 5.69 Å². The fourth-order valence-corrected chi connectivity index (χ4v) is 2.30. The first-order valence-corrected chi connectivity index (χ1v) is 7.56. The summed E-state index contributed by atoms with van der Waals surface area (Å²) in [5.74, 6) is -0.890. The predicted molar refractivity (Wildman–Crippen MR) is 107 cm³/mol. The molecule has 140 valence electrons. The van der Waals surface area contributed by atoms with Crippen molar-refractivity contribution in [2.24, 2.45) is 4.99 Å². The number of non-ortho nitro benzene ring substituents is 1. The Morgan fingerprint density at radius 2 is 2.00 bits per heavy atom. The second-order valence-corrected chi connectivity index (χ2v) is 5.38. The SMILES string of the molecule is CN=C(NCc1cccc([N+](=O)[O-])c1)NC(C)c1ccc(F)cc1F.I. The lowest BCUT2D eigenvalue weighted by Gasteiger charge is -2.19. The largest absolute Gasteiger partial charge is 0.352 e. The Labute approximate surface area is 166 Å². The fraction of sp³-hybridized carbons (Fsp3) is 0.235. The molecule has 2 N–H and O–H groups in total. The third-order valence-electron chi connectivity index (χ3n) is 3.59. The topological polar surface area (TPSA) is 79.6 Å². The lowest BCUT2D eigenvalue weighted by atomic mass is 10.1. The quantitative estimate of drug-likeness (QED) is 0.226. The van der Waals surface area contributed by atoms with Gasteiger partial charge in [-0.15, -0.1) is 24.0 Å². The Kier molecular flexibility index (Phi) is 8.36. The van der Waals surface area contributed by atoms with Crippen molar-refractivity contribution in [2.75, 3.05) is 7.05 Å². The van der Waals surface area contributed by atoms with Crippen LogP contribution >= 0.6 is 24.0 Å². The van der Waals surface area contributed by atoms with Gasteiger partial charge in [0.1, 0.15) is 11.6 Å². The Hall–Kier alpha value is -2.30. The maximum Gasteiger partial charge on any atom is 0.269 e. The Bertz CT molecular complexity index is 802. The standard InChI is InChI=1S/C17H18F2N4O2.HI/c1-11(15-7-6-13(18)9-16(15)19)22-17(20-2)21-10-12-4-3-5-14(8-12)23(24)25;/h3-9,11H,10H2,1-2H3,(H2,20,21,22);1H. The molecule has 0 aromatic heterocycles. The number of rotatable bonds is 5. The number of hydrogen-bond donors (Lipinski definition) is 2. The van der Waals surface area contributed by atoms with E-state index in [-0.39, 0.29) is 29.7 Å². The molecule has 1 unspecified atom stereocenters. The number of nitro groups is 1. The highest BCUT2D eigenvalue weighted by atomic mass is 127. The van der Waals surface area contributed by atoms with Crippen molar-refractivity contribution >= 4 is 35.6 Å². The number of nitrogens with zero attached hydrogens (tertiary/aromatic N) is 2. The van der Waals surface area contributed by atoms with Gasteiger partial charge >= 0.3 is 0 Å². The molecule has 0 spiro atoms. The van der Waals surface area contributed by atoms with Gasteiger partial charge in [0.05, 0.1) is 11.0 Å². The first-order valence-electron chi connectivity index (χ1n) is 7.56. The number of nitrogens with one attached hydrogen (secondary N) is 2. The Morgan fingerprint density at radius 3 is 2.62 bits per heavy atom. The molecule has 0 aliphatic rings. The zero-order valence-electron chi connectivity index (χ0n) is 14.2. The molecule has 6 nitrogen and oxygen atoms in total. The van der Waals surface area contributed by atoms with Crippen LogP contribution in [0.15, 0.2) is 47.5 Å². The van der Waals surface area contributed by atoms with Crippen LogP contribution < -0.4 is 10.6 Å². The monoisotopic (exact) mass is 476 g/mol. The van der Waals surface area contributed by atoms with Gasteiger partial charge in [-0.1, -0.05) is 18.2 Å². The number of aliphatic imine (C=N–C) groups is 1. The molecule has 0 heterocycles. The van der Waals surface area contributed by atoms with Crippen LogP contribution in [0.5, 0.6) is 0 Å². The van der Waals surface area contributed by atoms with Crippen LogP contribution in [-0.2, 0) is 6.54 Å². The van der Waals surface area contributed by atoms with Gasteiger partial charge in [-0.25, -0.2) is 8.78 Å². The first kappa shape index (κ1) is 21.7. The van der Waals surface area contributed by atoms with E-state index in [1.807, 2.05) is 0 Å². The van der Waals surface area contributed by atoms with Crippen LogP contribution in [0.2, 0.25) is 0 Å². The molecular formula is C17H19F2IN4O2. The zero-order valence-corrected chi connectivity index (χ0v) is 16.5. The third-order valence-corrected chi connectivity index (χ3v) is 3.59. The van der Waals surface area contributed by atoms with Gasteiger partial charge in [-0.3, -0.25) is 15.1 Å². The van der Waals surface area contributed by atoms with Crippen LogP contribution in [0.25, 0.3) is 0 Å². The lowest BCUT2D eigenvalue weighted by Crippen LogP contribution is -2.38. The number of guanidine groups is 1. The molecule has 26 heavy (non-hydrogen) atoms. The van der Waals surface area contributed by atoms with Crippen LogP contribution in [0.3, 0.4) is 0 Å². The van der Waals surface area contributed by atoms with E-state index in [4.69, 9.17) is 0 Å². The molecule has 2 aromatic rings. The van der Waals surface area contributed by atoms with E-state index in [0.717, 1.165) is 6.07 Å². The smallest absolute Gasteiger partial charge is 0.269 e. The van der Waals surface area contributed by atoms with Crippen molar-refractivity contribution < 1.29 is 13.7 Å². The van der Waals surface area contributed by atoms with Gasteiger partial charge in [-0.05, 0) is 18.6 Å². The van der Waals surface area contributed by atoms with Crippen molar-refractivity contribution in [1.29, 1.82) is 0 Å².